The fourth-order valence-corrected chi connectivity index (χ4v) is 1.68. The molecule has 0 unspecified atom stereocenters. The molecule has 0 fully saturated rings. The molecule has 5 nitrogen and oxygen atoms in total. The Morgan fingerprint density at radius 1 is 1.32 bits per heavy atom. The standard InChI is InChI=1S/C14H15N3O2/c1-19-9-10-4-2-5-11(8-10)16-14(18)12-6-3-7-13(15)17-12/h2-8H,9H2,1H3,(H2,15,17)(H,16,18). The van der Waals surface area contributed by atoms with Gasteiger partial charge in [-0.15, -0.1) is 0 Å². The van der Waals surface area contributed by atoms with Crippen LogP contribution in [0, 0.1) is 0 Å². The molecule has 1 aromatic heterocycles. The largest absolute Gasteiger partial charge is 0.384 e. The van der Waals surface area contributed by atoms with Gasteiger partial charge in [-0.25, -0.2) is 4.98 Å². The van der Waals surface area contributed by atoms with E-state index in [0.717, 1.165) is 5.56 Å². The number of nitrogens with two attached hydrogens (primary N) is 1. The molecule has 19 heavy (non-hydrogen) atoms. The summed E-state index contributed by atoms with van der Waals surface area (Å²) in [6.45, 7) is 0.500. The van der Waals surface area contributed by atoms with Gasteiger partial charge in [0.2, 0.25) is 0 Å². The van der Waals surface area contributed by atoms with Crippen LogP contribution < -0.4 is 11.1 Å². The van der Waals surface area contributed by atoms with Gasteiger partial charge in [0.15, 0.2) is 0 Å². The van der Waals surface area contributed by atoms with E-state index < -0.39 is 0 Å². The molecule has 2 rings (SSSR count). The molecule has 0 saturated carbocycles. The lowest BCUT2D eigenvalue weighted by Gasteiger charge is -2.07. The quantitative estimate of drug-likeness (QED) is 0.879. The van der Waals surface area contributed by atoms with Crippen LogP contribution in [0.25, 0.3) is 0 Å². The van der Waals surface area contributed by atoms with Crippen LogP contribution in [0.5, 0.6) is 0 Å². The van der Waals surface area contributed by atoms with E-state index in [-0.39, 0.29) is 11.6 Å². The lowest BCUT2D eigenvalue weighted by atomic mass is 10.2. The third-order valence-electron chi connectivity index (χ3n) is 2.50. The summed E-state index contributed by atoms with van der Waals surface area (Å²) >= 11 is 0. The van der Waals surface area contributed by atoms with Crippen molar-refractivity contribution in [2.24, 2.45) is 0 Å². The lowest BCUT2D eigenvalue weighted by Crippen LogP contribution is -2.14. The Hall–Kier alpha value is -2.40. The van der Waals surface area contributed by atoms with Gasteiger partial charge in [-0.1, -0.05) is 18.2 Å². The third-order valence-corrected chi connectivity index (χ3v) is 2.50. The lowest BCUT2D eigenvalue weighted by molar-refractivity contribution is 0.102. The van der Waals surface area contributed by atoms with Crippen LogP contribution in [-0.2, 0) is 11.3 Å². The summed E-state index contributed by atoms with van der Waals surface area (Å²) in [7, 11) is 1.63. The number of pyridine rings is 1. The highest BCUT2D eigenvalue weighted by atomic mass is 16.5. The number of methoxy groups -OCH3 is 1. The van der Waals surface area contributed by atoms with E-state index in [1.165, 1.54) is 0 Å². The minimum absolute atomic E-state index is 0.289. The van der Waals surface area contributed by atoms with E-state index in [0.29, 0.717) is 18.1 Å². The summed E-state index contributed by atoms with van der Waals surface area (Å²) in [5, 5.41) is 2.77. The predicted octanol–water partition coefficient (Wildman–Crippen LogP) is 2.06. The second-order valence-electron chi connectivity index (χ2n) is 4.04. The van der Waals surface area contributed by atoms with Crippen LogP contribution in [0.1, 0.15) is 16.1 Å². The van der Waals surface area contributed by atoms with Gasteiger partial charge in [0.1, 0.15) is 11.5 Å². The number of carbonyl (C=O) groups is 1. The molecule has 3 N–H and O–H groups in total. The number of nitrogens with zero attached hydrogens (tertiary/aromatic N) is 1. The van der Waals surface area contributed by atoms with Crippen LogP contribution in [0.15, 0.2) is 42.5 Å². The van der Waals surface area contributed by atoms with E-state index in [1.54, 1.807) is 25.3 Å². The first kappa shape index (κ1) is 13.0. The summed E-state index contributed by atoms with van der Waals surface area (Å²) < 4.78 is 5.05. The van der Waals surface area contributed by atoms with Crippen LogP contribution in [0.4, 0.5) is 11.5 Å². The average molecular weight is 257 g/mol. The van der Waals surface area contributed by atoms with Crippen molar-refractivity contribution in [1.82, 2.24) is 4.98 Å². The number of hydrogen-bond donors (Lipinski definition) is 2. The summed E-state index contributed by atoms with van der Waals surface area (Å²) in [6, 6.07) is 12.4. The van der Waals surface area contributed by atoms with E-state index in [9.17, 15) is 4.79 Å². The molecule has 0 aliphatic carbocycles. The first-order chi connectivity index (χ1) is 9.19. The molecule has 0 radical (unpaired) electrons. The van der Waals surface area contributed by atoms with Crippen LogP contribution in [0.3, 0.4) is 0 Å². The molecule has 0 aliphatic heterocycles. The number of amides is 1. The molecule has 1 heterocycles. The zero-order valence-corrected chi connectivity index (χ0v) is 10.6. The molecular formula is C14H15N3O2. The Balaban J connectivity index is 2.12. The number of carbonyl (C=O) groups excluding carboxylic acids is 1. The van der Waals surface area contributed by atoms with Gasteiger partial charge in [0, 0.05) is 12.8 Å². The minimum Gasteiger partial charge on any atom is -0.384 e. The normalized spacial score (nSPS) is 10.2. The number of anilines is 2. The number of hydrogen-bond acceptors (Lipinski definition) is 4. The van der Waals surface area contributed by atoms with Crippen molar-refractivity contribution in [3.8, 4) is 0 Å². The molecule has 0 spiro atoms. The number of nitrogens with one attached hydrogen (secondary N) is 1. The zero-order chi connectivity index (χ0) is 13.7. The molecule has 98 valence electrons. The Kier molecular flexibility index (Phi) is 4.10. The minimum atomic E-state index is -0.290. The van der Waals surface area contributed by atoms with Crippen LogP contribution in [0.2, 0.25) is 0 Å². The maximum atomic E-state index is 12.0. The van der Waals surface area contributed by atoms with Gasteiger partial charge < -0.3 is 15.8 Å². The first-order valence-electron chi connectivity index (χ1n) is 5.81. The Morgan fingerprint density at radius 2 is 2.11 bits per heavy atom. The van der Waals surface area contributed by atoms with Crippen LogP contribution >= 0.6 is 0 Å². The van der Waals surface area contributed by atoms with Gasteiger partial charge in [0.05, 0.1) is 6.61 Å². The topological polar surface area (TPSA) is 77.2 Å². The Morgan fingerprint density at radius 3 is 2.84 bits per heavy atom. The predicted molar refractivity (Wildman–Crippen MR) is 73.8 cm³/mol. The van der Waals surface area contributed by atoms with Crippen molar-refractivity contribution in [3.05, 3.63) is 53.7 Å². The summed E-state index contributed by atoms with van der Waals surface area (Å²) in [4.78, 5) is 15.9. The Labute approximate surface area is 111 Å². The van der Waals surface area contributed by atoms with Gasteiger partial charge in [-0.2, -0.15) is 0 Å². The van der Waals surface area contributed by atoms with Crippen molar-refractivity contribution in [2.75, 3.05) is 18.2 Å². The number of benzene rings is 1. The molecule has 1 amide bonds. The molecule has 0 atom stereocenters. The highest BCUT2D eigenvalue weighted by Crippen LogP contribution is 2.12. The monoisotopic (exact) mass is 257 g/mol. The number of aromatic nitrogens is 1. The van der Waals surface area contributed by atoms with Gasteiger partial charge in [-0.05, 0) is 29.8 Å². The number of ether oxygens (including phenoxy) is 1. The Bertz CT molecular complexity index is 584. The summed E-state index contributed by atoms with van der Waals surface area (Å²) in [5.74, 6) is 0.0302. The molecule has 2 aromatic rings. The van der Waals surface area contributed by atoms with E-state index in [2.05, 4.69) is 10.3 Å². The molecule has 1 aromatic carbocycles. The maximum Gasteiger partial charge on any atom is 0.274 e. The molecule has 5 heteroatoms. The van der Waals surface area contributed by atoms with Crippen molar-refractivity contribution in [3.63, 3.8) is 0 Å². The van der Waals surface area contributed by atoms with E-state index in [1.807, 2.05) is 24.3 Å². The SMILES string of the molecule is COCc1cccc(NC(=O)c2cccc(N)n2)c1. The molecule has 0 bridgehead atoms. The highest BCUT2D eigenvalue weighted by molar-refractivity contribution is 6.03. The van der Waals surface area contributed by atoms with E-state index >= 15 is 0 Å². The van der Waals surface area contributed by atoms with Crippen molar-refractivity contribution >= 4 is 17.4 Å². The fourth-order valence-electron chi connectivity index (χ4n) is 1.68. The van der Waals surface area contributed by atoms with Crippen LogP contribution in [-0.4, -0.2) is 18.0 Å². The van der Waals surface area contributed by atoms with Crippen molar-refractivity contribution in [1.29, 1.82) is 0 Å². The second kappa shape index (κ2) is 5.97. The highest BCUT2D eigenvalue weighted by Gasteiger charge is 2.08. The molecule has 0 aliphatic rings. The smallest absolute Gasteiger partial charge is 0.274 e. The van der Waals surface area contributed by atoms with Gasteiger partial charge in [-0.3, -0.25) is 4.79 Å². The van der Waals surface area contributed by atoms with Crippen molar-refractivity contribution < 1.29 is 9.53 Å². The van der Waals surface area contributed by atoms with Gasteiger partial charge >= 0.3 is 0 Å². The second-order valence-corrected chi connectivity index (χ2v) is 4.04. The van der Waals surface area contributed by atoms with Gasteiger partial charge in [0.25, 0.3) is 5.91 Å². The summed E-state index contributed by atoms with van der Waals surface area (Å²) in [5.41, 5.74) is 7.52. The zero-order valence-electron chi connectivity index (χ0n) is 10.6. The average Bonchev–Trinajstić information content (AvgIpc) is 2.39. The molecular weight excluding hydrogens is 242 g/mol. The van der Waals surface area contributed by atoms with Crippen molar-refractivity contribution in [2.45, 2.75) is 6.61 Å². The molecule has 0 saturated heterocycles. The maximum absolute atomic E-state index is 12.0. The summed E-state index contributed by atoms with van der Waals surface area (Å²) in [6.07, 6.45) is 0. The van der Waals surface area contributed by atoms with E-state index in [4.69, 9.17) is 10.5 Å². The number of rotatable bonds is 4. The first-order valence-corrected chi connectivity index (χ1v) is 5.81. The number of nitrogen functional groups attached to an aromatic ring is 1. The third kappa shape index (κ3) is 3.53. The fraction of sp³-hybridized carbons (Fsp3) is 0.143.